The summed E-state index contributed by atoms with van der Waals surface area (Å²) in [6.07, 6.45) is 0.660. The van der Waals surface area contributed by atoms with Crippen LogP contribution in [0.2, 0.25) is 5.02 Å². The van der Waals surface area contributed by atoms with Crippen molar-refractivity contribution in [1.29, 1.82) is 0 Å². The number of carbonyl (C=O) groups is 1. The highest BCUT2D eigenvalue weighted by Crippen LogP contribution is 2.21. The highest BCUT2D eigenvalue weighted by Gasteiger charge is 2.28. The molecule has 2 heterocycles. The highest BCUT2D eigenvalue weighted by molar-refractivity contribution is 6.30. The van der Waals surface area contributed by atoms with Gasteiger partial charge in [-0.2, -0.15) is 4.98 Å². The second kappa shape index (κ2) is 5.83. The predicted molar refractivity (Wildman–Crippen MR) is 75.8 cm³/mol. The van der Waals surface area contributed by atoms with E-state index in [0.29, 0.717) is 36.2 Å². The van der Waals surface area contributed by atoms with E-state index in [9.17, 15) is 4.79 Å². The minimum absolute atomic E-state index is 0.302. The Kier molecular flexibility index (Phi) is 3.90. The lowest BCUT2D eigenvalue weighted by Crippen LogP contribution is -2.22. The van der Waals surface area contributed by atoms with Crippen LogP contribution in [0.5, 0.6) is 0 Å². The second-order valence-corrected chi connectivity index (χ2v) is 5.51. The zero-order chi connectivity index (χ0) is 14.8. The fourth-order valence-electron chi connectivity index (χ4n) is 2.40. The van der Waals surface area contributed by atoms with Crippen molar-refractivity contribution in [2.45, 2.75) is 13.0 Å². The van der Waals surface area contributed by atoms with Gasteiger partial charge in [0.15, 0.2) is 0 Å². The Balaban J connectivity index is 1.66. The van der Waals surface area contributed by atoms with Gasteiger partial charge in [-0.1, -0.05) is 16.8 Å². The quantitative estimate of drug-likeness (QED) is 0.933. The summed E-state index contributed by atoms with van der Waals surface area (Å²) in [6.45, 7) is 1.73. The molecule has 1 N–H and O–H groups in total. The van der Waals surface area contributed by atoms with E-state index in [1.165, 1.54) is 0 Å². The SMILES string of the molecule is O=C(O)[C@@H]1CCN(Cc2nc(-c3ccc(Cl)cc3)no2)C1. The molecule has 3 rings (SSSR count). The standard InChI is InChI=1S/C14H14ClN3O3/c15-11-3-1-9(2-4-11)13-16-12(21-17-13)8-18-6-5-10(7-18)14(19)20/h1-4,10H,5-8H2,(H,19,20)/t10-/m1/s1. The van der Waals surface area contributed by atoms with Gasteiger partial charge in [0.05, 0.1) is 12.5 Å². The number of hydrogen-bond acceptors (Lipinski definition) is 5. The molecule has 0 bridgehead atoms. The van der Waals surface area contributed by atoms with Crippen LogP contribution in [0.1, 0.15) is 12.3 Å². The Morgan fingerprint density at radius 1 is 1.43 bits per heavy atom. The fourth-order valence-corrected chi connectivity index (χ4v) is 2.53. The Morgan fingerprint density at radius 2 is 2.19 bits per heavy atom. The third-order valence-corrected chi connectivity index (χ3v) is 3.80. The number of likely N-dealkylation sites (tertiary alicyclic amines) is 1. The van der Waals surface area contributed by atoms with Crippen molar-refractivity contribution in [2.24, 2.45) is 5.92 Å². The first-order valence-corrected chi connectivity index (χ1v) is 7.03. The lowest BCUT2D eigenvalue weighted by atomic mass is 10.1. The van der Waals surface area contributed by atoms with E-state index in [-0.39, 0.29) is 5.92 Å². The van der Waals surface area contributed by atoms with Crippen LogP contribution >= 0.6 is 11.6 Å². The largest absolute Gasteiger partial charge is 0.481 e. The minimum Gasteiger partial charge on any atom is -0.481 e. The van der Waals surface area contributed by atoms with Gasteiger partial charge in [-0.05, 0) is 37.2 Å². The van der Waals surface area contributed by atoms with Crippen LogP contribution in [-0.4, -0.2) is 39.2 Å². The van der Waals surface area contributed by atoms with Crippen molar-refractivity contribution in [3.8, 4) is 11.4 Å². The Hall–Kier alpha value is -1.92. The zero-order valence-corrected chi connectivity index (χ0v) is 12.0. The molecule has 1 aliphatic heterocycles. The molecule has 0 saturated carbocycles. The molecule has 0 aliphatic carbocycles. The highest BCUT2D eigenvalue weighted by atomic mass is 35.5. The fraction of sp³-hybridized carbons (Fsp3) is 0.357. The monoisotopic (exact) mass is 307 g/mol. The molecule has 0 radical (unpaired) electrons. The molecule has 1 aromatic carbocycles. The van der Waals surface area contributed by atoms with Crippen LogP contribution in [0, 0.1) is 5.92 Å². The molecule has 1 aromatic heterocycles. The number of carboxylic acids is 1. The van der Waals surface area contributed by atoms with E-state index in [0.717, 1.165) is 12.1 Å². The molecule has 1 atom stereocenters. The second-order valence-electron chi connectivity index (χ2n) is 5.08. The maximum absolute atomic E-state index is 10.9. The van der Waals surface area contributed by atoms with Crippen molar-refractivity contribution >= 4 is 17.6 Å². The third-order valence-electron chi connectivity index (χ3n) is 3.55. The molecule has 110 valence electrons. The molecule has 0 amide bonds. The van der Waals surface area contributed by atoms with Gasteiger partial charge in [0, 0.05) is 17.1 Å². The van der Waals surface area contributed by atoms with Gasteiger partial charge in [0.25, 0.3) is 0 Å². The molecule has 1 aliphatic rings. The van der Waals surface area contributed by atoms with Crippen molar-refractivity contribution < 1.29 is 14.4 Å². The van der Waals surface area contributed by atoms with Gasteiger partial charge in [-0.3, -0.25) is 9.69 Å². The summed E-state index contributed by atoms with van der Waals surface area (Å²) in [6, 6.07) is 7.19. The van der Waals surface area contributed by atoms with E-state index >= 15 is 0 Å². The summed E-state index contributed by atoms with van der Waals surface area (Å²) in [5.74, 6) is -0.0461. The summed E-state index contributed by atoms with van der Waals surface area (Å²) < 4.78 is 5.22. The average molecular weight is 308 g/mol. The van der Waals surface area contributed by atoms with Gasteiger partial charge in [0.2, 0.25) is 11.7 Å². The third kappa shape index (κ3) is 3.22. The zero-order valence-electron chi connectivity index (χ0n) is 11.2. The molecule has 2 aromatic rings. The van der Waals surface area contributed by atoms with E-state index in [1.54, 1.807) is 12.1 Å². The van der Waals surface area contributed by atoms with Gasteiger partial charge >= 0.3 is 5.97 Å². The number of nitrogens with zero attached hydrogens (tertiary/aromatic N) is 3. The minimum atomic E-state index is -0.745. The number of hydrogen-bond donors (Lipinski definition) is 1. The molecule has 1 fully saturated rings. The maximum atomic E-state index is 10.9. The summed E-state index contributed by atoms with van der Waals surface area (Å²) in [4.78, 5) is 17.3. The number of aliphatic carboxylic acids is 1. The number of benzene rings is 1. The lowest BCUT2D eigenvalue weighted by molar-refractivity contribution is -0.141. The summed E-state index contributed by atoms with van der Waals surface area (Å²) in [5.41, 5.74) is 0.833. The number of rotatable bonds is 4. The summed E-state index contributed by atoms with van der Waals surface area (Å²) in [7, 11) is 0. The van der Waals surface area contributed by atoms with Crippen LogP contribution in [-0.2, 0) is 11.3 Å². The van der Waals surface area contributed by atoms with Crippen LogP contribution < -0.4 is 0 Å². The molecule has 0 spiro atoms. The first-order valence-electron chi connectivity index (χ1n) is 6.65. The molecule has 7 heteroatoms. The van der Waals surface area contributed by atoms with Crippen molar-refractivity contribution in [1.82, 2.24) is 15.0 Å². The van der Waals surface area contributed by atoms with Gasteiger partial charge in [0.1, 0.15) is 0 Å². The molecular formula is C14H14ClN3O3. The molecular weight excluding hydrogens is 294 g/mol. The van der Waals surface area contributed by atoms with E-state index in [1.807, 2.05) is 17.0 Å². The maximum Gasteiger partial charge on any atom is 0.307 e. The number of aromatic nitrogens is 2. The van der Waals surface area contributed by atoms with Crippen LogP contribution in [0.25, 0.3) is 11.4 Å². The molecule has 6 nitrogen and oxygen atoms in total. The lowest BCUT2D eigenvalue weighted by Gasteiger charge is -2.11. The van der Waals surface area contributed by atoms with Crippen LogP contribution in [0.15, 0.2) is 28.8 Å². The van der Waals surface area contributed by atoms with Gasteiger partial charge in [-0.25, -0.2) is 0 Å². The first-order chi connectivity index (χ1) is 10.1. The smallest absolute Gasteiger partial charge is 0.307 e. The molecule has 0 unspecified atom stereocenters. The van der Waals surface area contributed by atoms with Crippen LogP contribution in [0.4, 0.5) is 0 Å². The van der Waals surface area contributed by atoms with Crippen molar-refractivity contribution in [3.63, 3.8) is 0 Å². The summed E-state index contributed by atoms with van der Waals surface area (Å²) >= 11 is 5.84. The van der Waals surface area contributed by atoms with Crippen molar-refractivity contribution in [3.05, 3.63) is 35.2 Å². The number of carboxylic acid groups (broad SMARTS) is 1. The average Bonchev–Trinajstić information content (AvgIpc) is 3.10. The predicted octanol–water partition coefficient (Wildman–Crippen LogP) is 2.30. The first kappa shape index (κ1) is 14.0. The topological polar surface area (TPSA) is 79.5 Å². The van der Waals surface area contributed by atoms with E-state index < -0.39 is 5.97 Å². The Bertz CT molecular complexity index is 641. The van der Waals surface area contributed by atoms with Crippen LogP contribution in [0.3, 0.4) is 0 Å². The van der Waals surface area contributed by atoms with Gasteiger partial charge in [-0.15, -0.1) is 0 Å². The molecule has 21 heavy (non-hydrogen) atoms. The molecule has 1 saturated heterocycles. The van der Waals surface area contributed by atoms with Gasteiger partial charge < -0.3 is 9.63 Å². The van der Waals surface area contributed by atoms with Crippen molar-refractivity contribution in [2.75, 3.05) is 13.1 Å². The Labute approximate surface area is 126 Å². The van der Waals surface area contributed by atoms with E-state index in [4.69, 9.17) is 21.2 Å². The Morgan fingerprint density at radius 3 is 2.86 bits per heavy atom. The normalized spacial score (nSPS) is 19.0. The van der Waals surface area contributed by atoms with E-state index in [2.05, 4.69) is 10.1 Å². The summed E-state index contributed by atoms with van der Waals surface area (Å²) in [5, 5.41) is 13.6. The number of halogens is 1.